The number of nitrogens with two attached hydrogens (primary N) is 1. The molecule has 0 saturated carbocycles. The molecule has 0 aliphatic heterocycles. The molecule has 0 radical (unpaired) electrons. The maximum absolute atomic E-state index is 5.77. The number of hydrogen-bond acceptors (Lipinski definition) is 2. The Morgan fingerprint density at radius 1 is 1.54 bits per heavy atom. The number of nitrogens with zero attached hydrogens (tertiary/aromatic N) is 2. The second-order valence-corrected chi connectivity index (χ2v) is 3.40. The summed E-state index contributed by atoms with van der Waals surface area (Å²) in [6, 6.07) is 4.12. The molecule has 2 aromatic heterocycles. The van der Waals surface area contributed by atoms with Gasteiger partial charge >= 0.3 is 0 Å². The zero-order valence-electron chi connectivity index (χ0n) is 7.86. The van der Waals surface area contributed by atoms with Crippen LogP contribution in [0.1, 0.15) is 24.2 Å². The highest BCUT2D eigenvalue weighted by atomic mass is 15.0. The van der Waals surface area contributed by atoms with Gasteiger partial charge in [-0.1, -0.05) is 0 Å². The third-order valence-corrected chi connectivity index (χ3v) is 2.13. The summed E-state index contributed by atoms with van der Waals surface area (Å²) in [5.41, 5.74) is 8.89. The van der Waals surface area contributed by atoms with Gasteiger partial charge in [0.25, 0.3) is 0 Å². The summed E-state index contributed by atoms with van der Waals surface area (Å²) in [4.78, 5) is 4.36. The average Bonchev–Trinajstić information content (AvgIpc) is 2.42. The average molecular weight is 175 g/mol. The van der Waals surface area contributed by atoms with Crippen molar-refractivity contribution in [1.82, 2.24) is 9.38 Å². The van der Waals surface area contributed by atoms with E-state index in [1.165, 1.54) is 0 Å². The fourth-order valence-corrected chi connectivity index (χ4v) is 1.41. The van der Waals surface area contributed by atoms with Gasteiger partial charge in [-0.15, -0.1) is 0 Å². The first-order valence-electron chi connectivity index (χ1n) is 4.37. The number of pyridine rings is 1. The second kappa shape index (κ2) is 2.85. The highest BCUT2D eigenvalue weighted by Crippen LogP contribution is 2.12. The van der Waals surface area contributed by atoms with Crippen LogP contribution in [-0.2, 0) is 0 Å². The molecule has 3 heteroatoms. The Kier molecular flexibility index (Phi) is 1.81. The molecule has 13 heavy (non-hydrogen) atoms. The summed E-state index contributed by atoms with van der Waals surface area (Å²) >= 11 is 0. The summed E-state index contributed by atoms with van der Waals surface area (Å²) in [7, 11) is 0. The van der Waals surface area contributed by atoms with Crippen LogP contribution in [-0.4, -0.2) is 9.38 Å². The first kappa shape index (κ1) is 8.26. The molecular formula is C10H13N3. The zero-order valence-corrected chi connectivity index (χ0v) is 7.86. The van der Waals surface area contributed by atoms with E-state index in [1.54, 1.807) is 0 Å². The first-order chi connectivity index (χ1) is 6.16. The van der Waals surface area contributed by atoms with E-state index in [0.717, 1.165) is 16.9 Å². The minimum absolute atomic E-state index is 0.0713. The maximum Gasteiger partial charge on any atom is 0.137 e. The molecule has 0 saturated heterocycles. The van der Waals surface area contributed by atoms with Crippen molar-refractivity contribution in [3.63, 3.8) is 0 Å². The van der Waals surface area contributed by atoms with E-state index in [1.807, 2.05) is 42.8 Å². The second-order valence-electron chi connectivity index (χ2n) is 3.40. The van der Waals surface area contributed by atoms with E-state index in [-0.39, 0.29) is 6.04 Å². The highest BCUT2D eigenvalue weighted by molar-refractivity contribution is 5.43. The van der Waals surface area contributed by atoms with E-state index in [0.29, 0.717) is 0 Å². The van der Waals surface area contributed by atoms with Crippen molar-refractivity contribution in [2.24, 2.45) is 5.73 Å². The lowest BCUT2D eigenvalue weighted by Gasteiger charge is -2.04. The van der Waals surface area contributed by atoms with Gasteiger partial charge in [-0.25, -0.2) is 4.98 Å². The van der Waals surface area contributed by atoms with Gasteiger partial charge in [0.15, 0.2) is 0 Å². The predicted octanol–water partition coefficient (Wildman–Crippen LogP) is 1.66. The highest BCUT2D eigenvalue weighted by Gasteiger charge is 2.02. The monoisotopic (exact) mass is 175 g/mol. The molecule has 0 amide bonds. The van der Waals surface area contributed by atoms with E-state index >= 15 is 0 Å². The van der Waals surface area contributed by atoms with Crippen LogP contribution in [0.15, 0.2) is 24.5 Å². The largest absolute Gasteiger partial charge is 0.324 e. The third kappa shape index (κ3) is 1.42. The standard InChI is InChI=1S/C10H13N3/c1-7-6-13-4-3-9(8(2)11)5-10(13)12-7/h3-6,8H,11H2,1-2H3. The Morgan fingerprint density at radius 3 is 3.00 bits per heavy atom. The summed E-state index contributed by atoms with van der Waals surface area (Å²) in [5.74, 6) is 0. The Labute approximate surface area is 77.2 Å². The lowest BCUT2D eigenvalue weighted by atomic mass is 10.1. The van der Waals surface area contributed by atoms with Crippen LogP contribution in [0.25, 0.3) is 5.65 Å². The zero-order chi connectivity index (χ0) is 9.42. The van der Waals surface area contributed by atoms with Crippen molar-refractivity contribution in [2.45, 2.75) is 19.9 Å². The van der Waals surface area contributed by atoms with Crippen molar-refractivity contribution < 1.29 is 0 Å². The molecule has 0 aliphatic carbocycles. The van der Waals surface area contributed by atoms with Gasteiger partial charge in [-0.2, -0.15) is 0 Å². The Morgan fingerprint density at radius 2 is 2.31 bits per heavy atom. The number of rotatable bonds is 1. The lowest BCUT2D eigenvalue weighted by Crippen LogP contribution is -2.05. The van der Waals surface area contributed by atoms with Crippen molar-refractivity contribution in [2.75, 3.05) is 0 Å². The number of aryl methyl sites for hydroxylation is 1. The molecule has 0 aliphatic rings. The van der Waals surface area contributed by atoms with Crippen LogP contribution < -0.4 is 5.73 Å². The van der Waals surface area contributed by atoms with Crippen molar-refractivity contribution in [1.29, 1.82) is 0 Å². The van der Waals surface area contributed by atoms with E-state index in [9.17, 15) is 0 Å². The summed E-state index contributed by atoms with van der Waals surface area (Å²) < 4.78 is 2.00. The smallest absolute Gasteiger partial charge is 0.137 e. The molecule has 0 spiro atoms. The minimum Gasteiger partial charge on any atom is -0.324 e. The van der Waals surface area contributed by atoms with Gasteiger partial charge in [-0.3, -0.25) is 0 Å². The number of fused-ring (bicyclic) bond motifs is 1. The van der Waals surface area contributed by atoms with E-state index < -0.39 is 0 Å². The number of hydrogen-bond donors (Lipinski definition) is 1. The summed E-state index contributed by atoms with van der Waals surface area (Å²) in [5, 5.41) is 0. The van der Waals surface area contributed by atoms with Gasteiger partial charge in [0.1, 0.15) is 5.65 Å². The fraction of sp³-hybridized carbons (Fsp3) is 0.300. The molecule has 1 atom stereocenters. The number of aromatic nitrogens is 2. The van der Waals surface area contributed by atoms with Crippen LogP contribution in [0.3, 0.4) is 0 Å². The van der Waals surface area contributed by atoms with Crippen molar-refractivity contribution in [3.05, 3.63) is 35.8 Å². The molecule has 0 bridgehead atoms. The van der Waals surface area contributed by atoms with Crippen LogP contribution in [0.2, 0.25) is 0 Å². The quantitative estimate of drug-likeness (QED) is 0.716. The third-order valence-electron chi connectivity index (χ3n) is 2.13. The molecule has 68 valence electrons. The molecule has 3 nitrogen and oxygen atoms in total. The van der Waals surface area contributed by atoms with Crippen LogP contribution >= 0.6 is 0 Å². The molecule has 0 fully saturated rings. The van der Waals surface area contributed by atoms with Gasteiger partial charge < -0.3 is 10.1 Å². The van der Waals surface area contributed by atoms with E-state index in [2.05, 4.69) is 4.98 Å². The van der Waals surface area contributed by atoms with Crippen molar-refractivity contribution in [3.8, 4) is 0 Å². The SMILES string of the molecule is Cc1cn2ccc(C(C)N)cc2n1. The molecule has 2 N–H and O–H groups in total. The van der Waals surface area contributed by atoms with Crippen LogP contribution in [0, 0.1) is 6.92 Å². The summed E-state index contributed by atoms with van der Waals surface area (Å²) in [6.45, 7) is 3.96. The maximum atomic E-state index is 5.77. The van der Waals surface area contributed by atoms with Crippen LogP contribution in [0.4, 0.5) is 0 Å². The van der Waals surface area contributed by atoms with Gasteiger partial charge in [0.2, 0.25) is 0 Å². The van der Waals surface area contributed by atoms with E-state index in [4.69, 9.17) is 5.73 Å². The minimum atomic E-state index is 0.0713. The molecule has 2 aromatic rings. The van der Waals surface area contributed by atoms with Crippen molar-refractivity contribution >= 4 is 5.65 Å². The number of imidazole rings is 1. The van der Waals surface area contributed by atoms with Gasteiger partial charge in [0, 0.05) is 18.4 Å². The molecule has 2 heterocycles. The Balaban J connectivity index is 2.61. The summed E-state index contributed by atoms with van der Waals surface area (Å²) in [6.07, 6.45) is 3.99. The van der Waals surface area contributed by atoms with Gasteiger partial charge in [-0.05, 0) is 31.5 Å². The first-order valence-corrected chi connectivity index (χ1v) is 4.37. The normalized spacial score (nSPS) is 13.5. The molecule has 1 unspecified atom stereocenters. The van der Waals surface area contributed by atoms with Crippen LogP contribution in [0.5, 0.6) is 0 Å². The Bertz CT molecular complexity index is 429. The lowest BCUT2D eigenvalue weighted by molar-refractivity contribution is 0.815. The molecule has 0 aromatic carbocycles. The predicted molar refractivity (Wildman–Crippen MR) is 52.5 cm³/mol. The fourth-order valence-electron chi connectivity index (χ4n) is 1.41. The van der Waals surface area contributed by atoms with Gasteiger partial charge in [0.05, 0.1) is 5.69 Å². The molecular weight excluding hydrogens is 162 g/mol. The topological polar surface area (TPSA) is 43.3 Å². The molecule has 2 rings (SSSR count). The Hall–Kier alpha value is -1.35.